The number of hydrogen-bond donors (Lipinski definition) is 1. The van der Waals surface area contributed by atoms with E-state index in [1.807, 2.05) is 4.90 Å². The van der Waals surface area contributed by atoms with Crippen LogP contribution in [-0.4, -0.2) is 35.9 Å². The summed E-state index contributed by atoms with van der Waals surface area (Å²) in [6.07, 6.45) is 0.961. The van der Waals surface area contributed by atoms with Crippen LogP contribution in [0.2, 0.25) is 0 Å². The van der Waals surface area contributed by atoms with E-state index in [9.17, 15) is 13.9 Å². The predicted molar refractivity (Wildman–Crippen MR) is 93.9 cm³/mol. The zero-order valence-electron chi connectivity index (χ0n) is 14.1. The molecule has 0 aromatic heterocycles. The molecule has 2 aromatic carbocycles. The van der Waals surface area contributed by atoms with E-state index >= 15 is 0 Å². The Hall–Kier alpha value is -2.08. The van der Waals surface area contributed by atoms with E-state index in [4.69, 9.17) is 4.74 Å². The van der Waals surface area contributed by atoms with Gasteiger partial charge in [0.25, 0.3) is 0 Å². The number of benzene rings is 2. The van der Waals surface area contributed by atoms with Gasteiger partial charge in [-0.3, -0.25) is 4.90 Å². The van der Waals surface area contributed by atoms with Crippen LogP contribution in [0.4, 0.5) is 8.78 Å². The summed E-state index contributed by atoms with van der Waals surface area (Å²) in [4.78, 5) is 2.02. The Kier molecular flexibility index (Phi) is 7.73. The van der Waals surface area contributed by atoms with Gasteiger partial charge in [0.2, 0.25) is 0 Å². The van der Waals surface area contributed by atoms with Crippen LogP contribution in [0.15, 0.2) is 61.2 Å². The average Bonchev–Trinajstić information content (AvgIpc) is 2.59. The Balaban J connectivity index is 2.02. The number of nitrogens with zero attached hydrogens (tertiary/aromatic N) is 1. The van der Waals surface area contributed by atoms with E-state index in [1.54, 1.807) is 30.3 Å². The maximum Gasteiger partial charge on any atom is 0.123 e. The molecule has 0 fully saturated rings. The minimum atomic E-state index is -0.666. The van der Waals surface area contributed by atoms with Gasteiger partial charge in [0, 0.05) is 19.6 Å². The number of halogens is 2. The summed E-state index contributed by atoms with van der Waals surface area (Å²) in [5, 5.41) is 10.2. The molecule has 0 saturated carbocycles. The van der Waals surface area contributed by atoms with Gasteiger partial charge in [0.05, 0.1) is 19.3 Å². The molecule has 134 valence electrons. The largest absolute Gasteiger partial charge is 0.389 e. The zero-order valence-corrected chi connectivity index (χ0v) is 14.1. The van der Waals surface area contributed by atoms with Crippen molar-refractivity contribution in [2.45, 2.75) is 19.2 Å². The zero-order chi connectivity index (χ0) is 18.1. The van der Waals surface area contributed by atoms with E-state index in [0.29, 0.717) is 26.2 Å². The molecule has 0 aliphatic carbocycles. The number of rotatable bonds is 10. The molecule has 2 aromatic rings. The van der Waals surface area contributed by atoms with Crippen LogP contribution >= 0.6 is 0 Å². The molecule has 3 nitrogen and oxygen atoms in total. The lowest BCUT2D eigenvalue weighted by Crippen LogP contribution is -2.34. The first kappa shape index (κ1) is 19.2. The van der Waals surface area contributed by atoms with Gasteiger partial charge >= 0.3 is 0 Å². The molecular weight excluding hydrogens is 324 g/mol. The summed E-state index contributed by atoms with van der Waals surface area (Å²) in [5.74, 6) is -0.571. The van der Waals surface area contributed by atoms with Gasteiger partial charge in [-0.1, -0.05) is 30.3 Å². The van der Waals surface area contributed by atoms with Gasteiger partial charge in [-0.25, -0.2) is 8.78 Å². The van der Waals surface area contributed by atoms with Crippen LogP contribution in [0.25, 0.3) is 0 Å². The molecular formula is C20H23F2NO2. The summed E-state index contributed by atoms with van der Waals surface area (Å²) >= 11 is 0. The highest BCUT2D eigenvalue weighted by Gasteiger charge is 2.13. The number of aliphatic hydroxyl groups is 1. The van der Waals surface area contributed by atoms with Gasteiger partial charge in [0.1, 0.15) is 11.6 Å². The van der Waals surface area contributed by atoms with Crippen molar-refractivity contribution in [3.05, 3.63) is 83.9 Å². The molecule has 0 spiro atoms. The molecule has 0 radical (unpaired) electrons. The van der Waals surface area contributed by atoms with E-state index in [2.05, 4.69) is 6.58 Å². The molecule has 1 atom stereocenters. The smallest absolute Gasteiger partial charge is 0.123 e. The van der Waals surface area contributed by atoms with Crippen LogP contribution < -0.4 is 0 Å². The number of aliphatic hydroxyl groups excluding tert-OH is 1. The average molecular weight is 347 g/mol. The van der Waals surface area contributed by atoms with Crippen LogP contribution in [0.1, 0.15) is 11.1 Å². The maximum atomic E-state index is 13.1. The molecule has 2 rings (SSSR count). The fourth-order valence-corrected chi connectivity index (χ4v) is 2.52. The molecule has 25 heavy (non-hydrogen) atoms. The van der Waals surface area contributed by atoms with Gasteiger partial charge < -0.3 is 9.84 Å². The Morgan fingerprint density at radius 3 is 1.88 bits per heavy atom. The van der Waals surface area contributed by atoms with Crippen molar-refractivity contribution in [2.24, 2.45) is 0 Å². The first-order valence-electron chi connectivity index (χ1n) is 8.15. The Labute approximate surface area is 147 Å². The van der Waals surface area contributed by atoms with Crippen LogP contribution in [0, 0.1) is 11.6 Å². The number of hydrogen-bond acceptors (Lipinski definition) is 3. The normalized spacial score (nSPS) is 12.3. The Morgan fingerprint density at radius 1 is 0.960 bits per heavy atom. The van der Waals surface area contributed by atoms with Crippen LogP contribution in [0.5, 0.6) is 0 Å². The molecule has 0 heterocycles. The van der Waals surface area contributed by atoms with Crippen LogP contribution in [-0.2, 0) is 17.8 Å². The third kappa shape index (κ3) is 7.13. The highest BCUT2D eigenvalue weighted by molar-refractivity contribution is 5.18. The van der Waals surface area contributed by atoms with Gasteiger partial charge in [0.15, 0.2) is 0 Å². The molecule has 0 aliphatic heterocycles. The molecule has 1 unspecified atom stereocenters. The summed E-state index contributed by atoms with van der Waals surface area (Å²) in [7, 11) is 0. The van der Waals surface area contributed by atoms with Crippen molar-refractivity contribution in [3.8, 4) is 0 Å². The lowest BCUT2D eigenvalue weighted by Gasteiger charge is -2.25. The monoisotopic (exact) mass is 347 g/mol. The highest BCUT2D eigenvalue weighted by atomic mass is 19.1. The molecule has 0 aliphatic rings. The van der Waals surface area contributed by atoms with E-state index in [0.717, 1.165) is 11.1 Å². The molecule has 0 saturated heterocycles. The Bertz CT molecular complexity index is 596. The topological polar surface area (TPSA) is 32.7 Å². The quantitative estimate of drug-likeness (QED) is 0.527. The fraction of sp³-hybridized carbons (Fsp3) is 0.300. The van der Waals surface area contributed by atoms with Crippen molar-refractivity contribution in [3.63, 3.8) is 0 Å². The SMILES string of the molecule is C=CCOCC(O)CN(Cc1ccc(F)cc1)Cc1ccc(F)cc1. The summed E-state index contributed by atoms with van der Waals surface area (Å²) in [5.41, 5.74) is 1.87. The standard InChI is InChI=1S/C20H23F2NO2/c1-2-11-25-15-20(24)14-23(12-16-3-7-18(21)8-4-16)13-17-5-9-19(22)10-6-17/h2-10,20,24H,1,11-15H2. The molecule has 0 amide bonds. The summed E-state index contributed by atoms with van der Waals surface area (Å²) < 4.78 is 31.4. The van der Waals surface area contributed by atoms with Gasteiger partial charge in [-0.05, 0) is 35.4 Å². The van der Waals surface area contributed by atoms with Crippen LogP contribution in [0.3, 0.4) is 0 Å². The van der Waals surface area contributed by atoms with E-state index < -0.39 is 6.10 Å². The lowest BCUT2D eigenvalue weighted by atomic mass is 10.1. The van der Waals surface area contributed by atoms with Crippen molar-refractivity contribution < 1.29 is 18.6 Å². The first-order valence-corrected chi connectivity index (χ1v) is 8.15. The second-order valence-electron chi connectivity index (χ2n) is 5.90. The third-order valence-electron chi connectivity index (χ3n) is 3.65. The highest BCUT2D eigenvalue weighted by Crippen LogP contribution is 2.12. The van der Waals surface area contributed by atoms with Crippen molar-refractivity contribution in [2.75, 3.05) is 19.8 Å². The third-order valence-corrected chi connectivity index (χ3v) is 3.65. The van der Waals surface area contributed by atoms with Gasteiger partial charge in [-0.2, -0.15) is 0 Å². The fourth-order valence-electron chi connectivity index (χ4n) is 2.52. The van der Waals surface area contributed by atoms with Crippen molar-refractivity contribution in [1.29, 1.82) is 0 Å². The second kappa shape index (κ2) is 10.0. The lowest BCUT2D eigenvalue weighted by molar-refractivity contribution is 0.0228. The minimum absolute atomic E-state index is 0.204. The number of ether oxygens (including phenoxy) is 1. The van der Waals surface area contributed by atoms with Gasteiger partial charge in [-0.15, -0.1) is 6.58 Å². The Morgan fingerprint density at radius 2 is 1.44 bits per heavy atom. The van der Waals surface area contributed by atoms with E-state index in [1.165, 1.54) is 24.3 Å². The summed E-state index contributed by atoms with van der Waals surface area (Å²) in [6, 6.07) is 12.5. The summed E-state index contributed by atoms with van der Waals surface area (Å²) in [6.45, 7) is 5.61. The van der Waals surface area contributed by atoms with Crippen molar-refractivity contribution in [1.82, 2.24) is 4.90 Å². The first-order chi connectivity index (χ1) is 12.1. The second-order valence-corrected chi connectivity index (χ2v) is 5.90. The van der Waals surface area contributed by atoms with E-state index in [-0.39, 0.29) is 18.2 Å². The molecule has 5 heteroatoms. The predicted octanol–water partition coefficient (Wildman–Crippen LogP) is 3.53. The molecule has 0 bridgehead atoms. The maximum absolute atomic E-state index is 13.1. The molecule has 1 N–H and O–H groups in total. The van der Waals surface area contributed by atoms with Crippen molar-refractivity contribution >= 4 is 0 Å². The minimum Gasteiger partial charge on any atom is -0.389 e.